The molecule has 0 fully saturated rings. The third kappa shape index (κ3) is 1.77. The molecule has 1 N–H and O–H groups in total. The van der Waals surface area contributed by atoms with Crippen LogP contribution < -0.4 is 0 Å². The van der Waals surface area contributed by atoms with Crippen LogP contribution in [-0.2, 0) is 0 Å². The molecular weight excluding hydrogens is 332 g/mol. The molecule has 0 aliphatic rings. The first-order chi connectivity index (χ1) is 11.9. The number of hydrogen-bond donors (Lipinski definition) is 1. The van der Waals surface area contributed by atoms with Gasteiger partial charge in [0.1, 0.15) is 11.2 Å². The zero-order valence-corrected chi connectivity index (χ0v) is 13.9. The molecule has 2 aromatic carbocycles. The fourth-order valence-corrected chi connectivity index (χ4v) is 3.70. The van der Waals surface area contributed by atoms with E-state index in [4.69, 9.17) is 9.97 Å². The van der Waals surface area contributed by atoms with Crippen LogP contribution in [0.25, 0.3) is 49.5 Å². The molecule has 0 saturated carbocycles. The van der Waals surface area contributed by atoms with Crippen LogP contribution in [0.5, 0.6) is 0 Å². The van der Waals surface area contributed by atoms with Gasteiger partial charge in [-0.2, -0.15) is 0 Å². The predicted octanol–water partition coefficient (Wildman–Crippen LogP) is 5.09. The zero-order valence-electron chi connectivity index (χ0n) is 13.1. The van der Waals surface area contributed by atoms with Crippen LogP contribution in [0.3, 0.4) is 0 Å². The fourth-order valence-electron chi connectivity index (χ4n) is 3.70. The number of benzene rings is 2. The molecule has 0 aliphatic carbocycles. The molecule has 4 heterocycles. The molecule has 0 aliphatic heterocycles. The Bertz CT molecular complexity index is 1410. The second-order valence-electron chi connectivity index (χ2n) is 6.09. The Morgan fingerprint density at radius 1 is 0.840 bits per heavy atom. The highest BCUT2D eigenvalue weighted by atomic mass is 35.5. The molecule has 120 valence electrons. The van der Waals surface area contributed by atoms with Crippen LogP contribution in [0.15, 0.2) is 66.9 Å². The fraction of sp³-hybridized carbons (Fsp3) is 0. The van der Waals surface area contributed by atoms with Gasteiger partial charge in [0.25, 0.3) is 0 Å². The highest BCUT2D eigenvalue weighted by Gasteiger charge is 2.15. The molecular formula is C20H13ClN4. The van der Waals surface area contributed by atoms with E-state index in [9.17, 15) is 0 Å². The number of fused-ring (bicyclic) bond motifs is 9. The number of hydrogen-bond acceptors (Lipinski definition) is 2. The number of pyridine rings is 2. The highest BCUT2D eigenvalue weighted by Crippen LogP contribution is 2.32. The van der Waals surface area contributed by atoms with Crippen LogP contribution in [0, 0.1) is 0 Å². The van der Waals surface area contributed by atoms with E-state index in [1.54, 1.807) is 0 Å². The van der Waals surface area contributed by atoms with Crippen molar-refractivity contribution in [3.8, 4) is 0 Å². The van der Waals surface area contributed by atoms with Gasteiger partial charge < -0.3 is 4.98 Å². The molecule has 6 aromatic rings. The van der Waals surface area contributed by atoms with Crippen LogP contribution >= 0.6 is 12.4 Å². The largest absolute Gasteiger partial charge is 0.353 e. The molecule has 25 heavy (non-hydrogen) atoms. The van der Waals surface area contributed by atoms with Crippen molar-refractivity contribution in [1.29, 1.82) is 0 Å². The molecule has 4 nitrogen and oxygen atoms in total. The van der Waals surface area contributed by atoms with Crippen molar-refractivity contribution in [2.75, 3.05) is 0 Å². The number of imidazole rings is 1. The van der Waals surface area contributed by atoms with Crippen molar-refractivity contribution in [2.45, 2.75) is 0 Å². The summed E-state index contributed by atoms with van der Waals surface area (Å²) in [7, 11) is 0. The quantitative estimate of drug-likeness (QED) is 0.417. The Hall–Kier alpha value is -3.11. The lowest BCUT2D eigenvalue weighted by Gasteiger charge is -2.02. The summed E-state index contributed by atoms with van der Waals surface area (Å²) in [6.45, 7) is 0. The topological polar surface area (TPSA) is 46.0 Å². The van der Waals surface area contributed by atoms with Gasteiger partial charge >= 0.3 is 0 Å². The lowest BCUT2D eigenvalue weighted by Crippen LogP contribution is -1.89. The van der Waals surface area contributed by atoms with Crippen molar-refractivity contribution in [2.24, 2.45) is 0 Å². The minimum atomic E-state index is 0. The number of halogens is 1. The number of nitrogens with zero attached hydrogens (tertiary/aromatic N) is 3. The van der Waals surface area contributed by atoms with Gasteiger partial charge in [-0.3, -0.25) is 4.40 Å². The van der Waals surface area contributed by atoms with E-state index in [0.717, 1.165) is 38.7 Å². The van der Waals surface area contributed by atoms with Crippen molar-refractivity contribution >= 4 is 61.9 Å². The van der Waals surface area contributed by atoms with Crippen LogP contribution in [0.4, 0.5) is 0 Å². The third-order valence-electron chi connectivity index (χ3n) is 4.76. The molecule has 0 atom stereocenters. The second-order valence-corrected chi connectivity index (χ2v) is 6.09. The first-order valence-corrected chi connectivity index (χ1v) is 7.95. The van der Waals surface area contributed by atoms with Gasteiger partial charge in [-0.15, -0.1) is 12.4 Å². The summed E-state index contributed by atoms with van der Waals surface area (Å²) in [6, 6.07) is 20.8. The van der Waals surface area contributed by atoms with E-state index in [0.29, 0.717) is 0 Å². The summed E-state index contributed by atoms with van der Waals surface area (Å²) in [6.07, 6.45) is 1.91. The number of aromatic amines is 1. The van der Waals surface area contributed by atoms with E-state index >= 15 is 0 Å². The summed E-state index contributed by atoms with van der Waals surface area (Å²) in [5.74, 6) is 0. The van der Waals surface area contributed by atoms with Gasteiger partial charge in [-0.25, -0.2) is 9.97 Å². The van der Waals surface area contributed by atoms with E-state index < -0.39 is 0 Å². The number of para-hydroxylation sites is 2. The second kappa shape index (κ2) is 4.94. The minimum absolute atomic E-state index is 0. The lowest BCUT2D eigenvalue weighted by atomic mass is 10.2. The van der Waals surface area contributed by atoms with Crippen molar-refractivity contribution < 1.29 is 0 Å². The van der Waals surface area contributed by atoms with Crippen molar-refractivity contribution in [1.82, 2.24) is 19.4 Å². The molecule has 4 aromatic heterocycles. The standard InChI is InChI=1S/C20H12N4.ClH/c1-4-8-16-12(5-1)9-10-17-23-19-18-13-6-2-3-7-14(13)22-15(18)11-21-20(19)24(16)17;/h1-11,22H;1H. The van der Waals surface area contributed by atoms with Crippen molar-refractivity contribution in [3.63, 3.8) is 0 Å². The van der Waals surface area contributed by atoms with Crippen LogP contribution in [-0.4, -0.2) is 19.4 Å². The molecule has 0 bridgehead atoms. The zero-order chi connectivity index (χ0) is 15.7. The Morgan fingerprint density at radius 2 is 1.68 bits per heavy atom. The first kappa shape index (κ1) is 14.3. The summed E-state index contributed by atoms with van der Waals surface area (Å²) in [5, 5.41) is 3.51. The average Bonchev–Trinajstić information content (AvgIpc) is 3.19. The van der Waals surface area contributed by atoms with Crippen LogP contribution in [0.2, 0.25) is 0 Å². The Kier molecular flexibility index (Phi) is 2.82. The molecule has 0 unspecified atom stereocenters. The smallest absolute Gasteiger partial charge is 0.165 e. The minimum Gasteiger partial charge on any atom is -0.353 e. The molecule has 0 amide bonds. The maximum absolute atomic E-state index is 4.90. The molecule has 0 radical (unpaired) electrons. The lowest BCUT2D eigenvalue weighted by molar-refractivity contribution is 1.24. The maximum atomic E-state index is 4.90. The van der Waals surface area contributed by atoms with Crippen LogP contribution in [0.1, 0.15) is 0 Å². The van der Waals surface area contributed by atoms with Gasteiger partial charge in [0, 0.05) is 16.3 Å². The normalized spacial score (nSPS) is 11.7. The van der Waals surface area contributed by atoms with Gasteiger partial charge in [-0.05, 0) is 29.7 Å². The molecule has 6 rings (SSSR count). The third-order valence-corrected chi connectivity index (χ3v) is 4.76. The summed E-state index contributed by atoms with van der Waals surface area (Å²) in [4.78, 5) is 13.0. The Morgan fingerprint density at radius 3 is 2.64 bits per heavy atom. The Balaban J connectivity index is 0.00000140. The average molecular weight is 345 g/mol. The number of H-pyrrole nitrogens is 1. The predicted molar refractivity (Wildman–Crippen MR) is 105 cm³/mol. The number of rotatable bonds is 0. The highest BCUT2D eigenvalue weighted by molar-refractivity contribution is 6.18. The summed E-state index contributed by atoms with van der Waals surface area (Å²) < 4.78 is 2.14. The van der Waals surface area contributed by atoms with Gasteiger partial charge in [0.2, 0.25) is 0 Å². The summed E-state index contributed by atoms with van der Waals surface area (Å²) in [5.41, 5.74) is 6.04. The maximum Gasteiger partial charge on any atom is 0.165 e. The number of aromatic nitrogens is 4. The SMILES string of the molecule is Cl.c1ccc2c(c1)ccc1nc3c4c(cnc3n12)[nH]c1ccccc14. The number of nitrogens with one attached hydrogen (secondary N) is 1. The Labute approximate surface area is 148 Å². The van der Waals surface area contributed by atoms with E-state index in [2.05, 4.69) is 64.0 Å². The van der Waals surface area contributed by atoms with E-state index in [1.807, 2.05) is 12.3 Å². The van der Waals surface area contributed by atoms with Gasteiger partial charge in [-0.1, -0.05) is 36.4 Å². The molecule has 5 heteroatoms. The summed E-state index contributed by atoms with van der Waals surface area (Å²) >= 11 is 0. The molecule has 0 saturated heterocycles. The van der Waals surface area contributed by atoms with Crippen molar-refractivity contribution in [3.05, 3.63) is 66.9 Å². The van der Waals surface area contributed by atoms with Gasteiger partial charge in [0.15, 0.2) is 5.65 Å². The van der Waals surface area contributed by atoms with Gasteiger partial charge in [0.05, 0.1) is 17.2 Å². The van der Waals surface area contributed by atoms with E-state index in [-0.39, 0.29) is 12.4 Å². The first-order valence-electron chi connectivity index (χ1n) is 7.95. The molecule has 0 spiro atoms. The van der Waals surface area contributed by atoms with E-state index in [1.165, 1.54) is 10.8 Å². The monoisotopic (exact) mass is 344 g/mol.